The lowest BCUT2D eigenvalue weighted by Crippen LogP contribution is -2.18. The van der Waals surface area contributed by atoms with Crippen molar-refractivity contribution in [2.24, 2.45) is 0 Å². The summed E-state index contributed by atoms with van der Waals surface area (Å²) in [5.74, 6) is 0. The molecule has 0 saturated heterocycles. The highest BCUT2D eigenvalue weighted by molar-refractivity contribution is 5.85. The van der Waals surface area contributed by atoms with Gasteiger partial charge in [0.25, 0.3) is 0 Å². The first-order chi connectivity index (χ1) is 6.88. The first kappa shape index (κ1) is 7.97. The molecule has 3 rings (SSSR count). The molecule has 2 aromatic rings. The van der Waals surface area contributed by atoms with Crippen molar-refractivity contribution in [2.45, 2.75) is 12.5 Å². The molecule has 1 unspecified atom stereocenters. The van der Waals surface area contributed by atoms with Gasteiger partial charge in [-0.15, -0.1) is 0 Å². The predicted octanol–water partition coefficient (Wildman–Crippen LogP) is 2.93. The zero-order valence-electron chi connectivity index (χ0n) is 7.60. The first-order valence-electron chi connectivity index (χ1n) is 4.70. The molecule has 14 heavy (non-hydrogen) atoms. The monoisotopic (exact) mass is 186 g/mol. The molecule has 70 valence electrons. The number of fused-ring (bicyclic) bond motifs is 2. The summed E-state index contributed by atoms with van der Waals surface area (Å²) in [6.45, 7) is 0. The maximum atomic E-state index is 8.60. The Morgan fingerprint density at radius 1 is 1.14 bits per heavy atom. The topological polar surface area (TPSA) is 29.5 Å². The lowest BCUT2D eigenvalue weighted by molar-refractivity contribution is -0.287. The van der Waals surface area contributed by atoms with Crippen molar-refractivity contribution in [3.8, 4) is 0 Å². The number of rotatable bonds is 1. The van der Waals surface area contributed by atoms with Crippen molar-refractivity contribution in [2.75, 3.05) is 0 Å². The van der Waals surface area contributed by atoms with Crippen LogP contribution in [0.3, 0.4) is 0 Å². The Morgan fingerprint density at radius 2 is 1.86 bits per heavy atom. The average molecular weight is 186 g/mol. The molecule has 0 saturated carbocycles. The van der Waals surface area contributed by atoms with Gasteiger partial charge in [-0.3, -0.25) is 5.26 Å². The minimum atomic E-state index is -0.116. The van der Waals surface area contributed by atoms with E-state index in [2.05, 4.69) is 29.2 Å². The molecular formula is C12H10O2. The number of benzene rings is 2. The molecule has 0 bridgehead atoms. The average Bonchev–Trinajstić information content (AvgIpc) is 2.21. The molecule has 1 aliphatic carbocycles. The molecule has 1 atom stereocenters. The highest BCUT2D eigenvalue weighted by Gasteiger charge is 2.27. The molecule has 0 heterocycles. The smallest absolute Gasteiger partial charge is 0.122 e. The summed E-state index contributed by atoms with van der Waals surface area (Å²) < 4.78 is 0. The molecule has 2 aromatic carbocycles. The van der Waals surface area contributed by atoms with Crippen molar-refractivity contribution in [1.82, 2.24) is 0 Å². The molecule has 0 spiro atoms. The van der Waals surface area contributed by atoms with Gasteiger partial charge in [0, 0.05) is 6.42 Å². The summed E-state index contributed by atoms with van der Waals surface area (Å²) in [5, 5.41) is 11.1. The summed E-state index contributed by atoms with van der Waals surface area (Å²) in [7, 11) is 0. The molecule has 2 heteroatoms. The molecule has 0 aliphatic heterocycles. The van der Waals surface area contributed by atoms with Crippen LogP contribution in [0.15, 0.2) is 36.4 Å². The van der Waals surface area contributed by atoms with Crippen LogP contribution in [-0.2, 0) is 11.3 Å². The fourth-order valence-electron chi connectivity index (χ4n) is 2.05. The molecule has 0 fully saturated rings. The normalized spacial score (nSPS) is 19.1. The Balaban J connectivity index is 2.22. The van der Waals surface area contributed by atoms with Crippen molar-refractivity contribution < 1.29 is 10.1 Å². The van der Waals surface area contributed by atoms with Crippen molar-refractivity contribution in [3.63, 3.8) is 0 Å². The number of hydrogen-bond donors (Lipinski definition) is 1. The van der Waals surface area contributed by atoms with E-state index in [1.807, 2.05) is 12.1 Å². The van der Waals surface area contributed by atoms with Crippen LogP contribution >= 0.6 is 0 Å². The van der Waals surface area contributed by atoms with Crippen LogP contribution in [0.5, 0.6) is 0 Å². The zero-order valence-corrected chi connectivity index (χ0v) is 7.60. The second-order valence-corrected chi connectivity index (χ2v) is 3.70. The van der Waals surface area contributed by atoms with Crippen LogP contribution in [0.4, 0.5) is 0 Å². The van der Waals surface area contributed by atoms with Gasteiger partial charge in [-0.25, -0.2) is 4.89 Å². The zero-order chi connectivity index (χ0) is 9.54. The van der Waals surface area contributed by atoms with Crippen molar-refractivity contribution >= 4 is 10.8 Å². The van der Waals surface area contributed by atoms with Crippen LogP contribution < -0.4 is 0 Å². The van der Waals surface area contributed by atoms with Gasteiger partial charge >= 0.3 is 0 Å². The van der Waals surface area contributed by atoms with E-state index in [0.29, 0.717) is 0 Å². The highest BCUT2D eigenvalue weighted by atomic mass is 17.1. The summed E-state index contributed by atoms with van der Waals surface area (Å²) in [5.41, 5.74) is 2.40. The first-order valence-corrected chi connectivity index (χ1v) is 4.70. The Labute approximate surface area is 81.7 Å². The Morgan fingerprint density at radius 3 is 2.57 bits per heavy atom. The molecular weight excluding hydrogens is 176 g/mol. The molecule has 1 N–H and O–H groups in total. The van der Waals surface area contributed by atoms with E-state index < -0.39 is 0 Å². The third-order valence-corrected chi connectivity index (χ3v) is 2.89. The highest BCUT2D eigenvalue weighted by Crippen LogP contribution is 2.37. The minimum absolute atomic E-state index is 0.116. The maximum absolute atomic E-state index is 8.60. The minimum Gasteiger partial charge on any atom is -0.251 e. The van der Waals surface area contributed by atoms with E-state index in [9.17, 15) is 0 Å². The van der Waals surface area contributed by atoms with Crippen LogP contribution in [0, 0.1) is 0 Å². The van der Waals surface area contributed by atoms with Gasteiger partial charge in [0.1, 0.15) is 6.10 Å². The summed E-state index contributed by atoms with van der Waals surface area (Å²) in [4.78, 5) is 4.36. The summed E-state index contributed by atoms with van der Waals surface area (Å²) in [6.07, 6.45) is 0.700. The van der Waals surface area contributed by atoms with E-state index in [0.717, 1.165) is 12.0 Å². The second-order valence-electron chi connectivity index (χ2n) is 3.70. The van der Waals surface area contributed by atoms with E-state index >= 15 is 0 Å². The van der Waals surface area contributed by atoms with E-state index in [1.165, 1.54) is 16.3 Å². The fraction of sp³-hybridized carbons (Fsp3) is 0.167. The lowest BCUT2D eigenvalue weighted by atomic mass is 9.83. The Kier molecular flexibility index (Phi) is 1.60. The van der Waals surface area contributed by atoms with Gasteiger partial charge in [0.15, 0.2) is 0 Å². The van der Waals surface area contributed by atoms with E-state index in [4.69, 9.17) is 5.26 Å². The Bertz CT molecular complexity index is 491. The number of hydrogen-bond acceptors (Lipinski definition) is 2. The summed E-state index contributed by atoms with van der Waals surface area (Å²) >= 11 is 0. The predicted molar refractivity (Wildman–Crippen MR) is 54.1 cm³/mol. The molecule has 0 radical (unpaired) electrons. The van der Waals surface area contributed by atoms with Crippen molar-refractivity contribution in [1.29, 1.82) is 0 Å². The SMILES string of the molecule is OOC1Cc2cc3ccccc3cc21. The van der Waals surface area contributed by atoms with Gasteiger partial charge in [0.05, 0.1) is 0 Å². The van der Waals surface area contributed by atoms with Crippen molar-refractivity contribution in [3.05, 3.63) is 47.5 Å². The second kappa shape index (κ2) is 2.80. The molecule has 0 aromatic heterocycles. The van der Waals surface area contributed by atoms with Crippen LogP contribution in [0.2, 0.25) is 0 Å². The van der Waals surface area contributed by atoms with E-state index in [1.54, 1.807) is 0 Å². The van der Waals surface area contributed by atoms with E-state index in [-0.39, 0.29) is 6.10 Å². The van der Waals surface area contributed by atoms with Gasteiger partial charge in [0.2, 0.25) is 0 Å². The third kappa shape index (κ3) is 0.983. The molecule has 0 amide bonds. The quantitative estimate of drug-likeness (QED) is 0.548. The molecule has 1 aliphatic rings. The largest absolute Gasteiger partial charge is 0.251 e. The lowest BCUT2D eigenvalue weighted by Gasteiger charge is -2.27. The standard InChI is InChI=1S/C12H10O2/c13-14-12-7-10-5-8-3-1-2-4-9(8)6-11(10)12/h1-6,12-13H,7H2. The Hall–Kier alpha value is -1.38. The van der Waals surface area contributed by atoms with Gasteiger partial charge < -0.3 is 0 Å². The van der Waals surface area contributed by atoms with Crippen LogP contribution in [0.1, 0.15) is 17.2 Å². The third-order valence-electron chi connectivity index (χ3n) is 2.89. The van der Waals surface area contributed by atoms with Gasteiger partial charge in [-0.2, -0.15) is 0 Å². The fourth-order valence-corrected chi connectivity index (χ4v) is 2.05. The van der Waals surface area contributed by atoms with Gasteiger partial charge in [-0.05, 0) is 28.0 Å². The van der Waals surface area contributed by atoms with Crippen LogP contribution in [0.25, 0.3) is 10.8 Å². The van der Waals surface area contributed by atoms with Crippen LogP contribution in [-0.4, -0.2) is 5.26 Å². The molecule has 2 nitrogen and oxygen atoms in total. The summed E-state index contributed by atoms with van der Waals surface area (Å²) in [6, 6.07) is 12.5. The van der Waals surface area contributed by atoms with Gasteiger partial charge in [-0.1, -0.05) is 30.3 Å². The maximum Gasteiger partial charge on any atom is 0.122 e.